The van der Waals surface area contributed by atoms with Crippen molar-refractivity contribution in [3.63, 3.8) is 0 Å². The Bertz CT molecular complexity index is 99.4. The van der Waals surface area contributed by atoms with E-state index in [1.54, 1.807) is 0 Å². The van der Waals surface area contributed by atoms with Crippen molar-refractivity contribution < 1.29 is 9.90 Å². The topological polar surface area (TPSA) is 37.3 Å². The molecule has 0 amide bonds. The number of aliphatic carboxylic acids is 1. The van der Waals surface area contributed by atoms with Gasteiger partial charge in [0.25, 0.3) is 0 Å². The molecule has 1 atom stereocenters. The molecule has 0 saturated carbocycles. The van der Waals surface area contributed by atoms with E-state index in [-0.39, 0.29) is 0 Å². The second kappa shape index (κ2) is 5.27. The highest BCUT2D eigenvalue weighted by atomic mass is 16.4. The van der Waals surface area contributed by atoms with E-state index >= 15 is 0 Å². The summed E-state index contributed by atoms with van der Waals surface area (Å²) in [6.45, 7) is 4.11. The molecule has 0 rings (SSSR count). The minimum Gasteiger partial charge on any atom is -0.481 e. The van der Waals surface area contributed by atoms with Gasteiger partial charge in [-0.15, -0.1) is 0 Å². The van der Waals surface area contributed by atoms with E-state index in [0.29, 0.717) is 12.3 Å². The van der Waals surface area contributed by atoms with Crippen LogP contribution < -0.4 is 0 Å². The van der Waals surface area contributed by atoms with Crippen molar-refractivity contribution in [1.29, 1.82) is 0 Å². The number of rotatable bonds is 5. The molecule has 0 heterocycles. The molecule has 0 unspecified atom stereocenters. The lowest BCUT2D eigenvalue weighted by Crippen LogP contribution is -2.03. The maximum absolute atomic E-state index is 10.2. The van der Waals surface area contributed by atoms with Crippen LogP contribution in [0.25, 0.3) is 0 Å². The molecule has 60 valence electrons. The Morgan fingerprint density at radius 3 is 2.60 bits per heavy atom. The van der Waals surface area contributed by atoms with Crippen molar-refractivity contribution >= 4 is 5.97 Å². The van der Waals surface area contributed by atoms with Crippen LogP contribution in [0.2, 0.25) is 0 Å². The third kappa shape index (κ3) is 5.60. The minimum atomic E-state index is -0.677. The number of hydrogen-bond donors (Lipinski definition) is 1. The maximum atomic E-state index is 10.2. The third-order valence-electron chi connectivity index (χ3n) is 1.57. The molecule has 2 nitrogen and oxygen atoms in total. The Morgan fingerprint density at radius 1 is 1.60 bits per heavy atom. The smallest absolute Gasteiger partial charge is 0.303 e. The molecule has 0 bridgehead atoms. The van der Waals surface area contributed by atoms with Gasteiger partial charge in [-0.1, -0.05) is 33.1 Å². The van der Waals surface area contributed by atoms with Crippen LogP contribution in [0.5, 0.6) is 0 Å². The van der Waals surface area contributed by atoms with Gasteiger partial charge in [0.15, 0.2) is 0 Å². The number of carbonyl (C=O) groups is 1. The largest absolute Gasteiger partial charge is 0.481 e. The average Bonchev–Trinajstić information content (AvgIpc) is 1.82. The van der Waals surface area contributed by atoms with Gasteiger partial charge in [-0.2, -0.15) is 0 Å². The summed E-state index contributed by atoms with van der Waals surface area (Å²) in [6.07, 6.45) is 3.67. The fourth-order valence-electron chi connectivity index (χ4n) is 0.953. The van der Waals surface area contributed by atoms with E-state index < -0.39 is 5.97 Å². The summed E-state index contributed by atoms with van der Waals surface area (Å²) in [7, 11) is 0. The van der Waals surface area contributed by atoms with Crippen LogP contribution in [0.4, 0.5) is 0 Å². The van der Waals surface area contributed by atoms with Crippen molar-refractivity contribution in [3.05, 3.63) is 0 Å². The van der Waals surface area contributed by atoms with Gasteiger partial charge < -0.3 is 5.11 Å². The van der Waals surface area contributed by atoms with Crippen molar-refractivity contribution in [2.45, 2.75) is 39.5 Å². The molecule has 0 spiro atoms. The highest BCUT2D eigenvalue weighted by molar-refractivity contribution is 5.66. The third-order valence-corrected chi connectivity index (χ3v) is 1.57. The normalized spacial score (nSPS) is 13.0. The van der Waals surface area contributed by atoms with Gasteiger partial charge in [0, 0.05) is 6.42 Å². The van der Waals surface area contributed by atoms with Crippen molar-refractivity contribution in [2.24, 2.45) is 5.92 Å². The molecule has 0 aliphatic rings. The summed E-state index contributed by atoms with van der Waals surface area (Å²) in [5.41, 5.74) is 0. The lowest BCUT2D eigenvalue weighted by molar-refractivity contribution is -0.138. The van der Waals surface area contributed by atoms with Crippen LogP contribution in [0.15, 0.2) is 0 Å². The molecule has 2 heteroatoms. The van der Waals surface area contributed by atoms with Gasteiger partial charge in [0.2, 0.25) is 0 Å². The second-order valence-corrected chi connectivity index (χ2v) is 2.85. The highest BCUT2D eigenvalue weighted by Crippen LogP contribution is 2.10. The van der Waals surface area contributed by atoms with Gasteiger partial charge in [-0.3, -0.25) is 4.79 Å². The molecule has 0 aliphatic carbocycles. The molecule has 0 radical (unpaired) electrons. The molecular weight excluding hydrogens is 128 g/mol. The minimum absolute atomic E-state index is 0.319. The average molecular weight is 144 g/mol. The number of hydrogen-bond acceptors (Lipinski definition) is 1. The van der Waals surface area contributed by atoms with Crippen LogP contribution in [0.1, 0.15) is 39.5 Å². The van der Waals surface area contributed by atoms with Crippen LogP contribution in [0.3, 0.4) is 0 Å². The first-order valence-electron chi connectivity index (χ1n) is 3.88. The molecule has 0 aromatic heterocycles. The second-order valence-electron chi connectivity index (χ2n) is 2.85. The van der Waals surface area contributed by atoms with E-state index in [1.807, 2.05) is 6.92 Å². The lowest BCUT2D eigenvalue weighted by atomic mass is 10.0. The molecule has 10 heavy (non-hydrogen) atoms. The molecule has 0 saturated heterocycles. The van der Waals surface area contributed by atoms with Gasteiger partial charge >= 0.3 is 5.97 Å². The van der Waals surface area contributed by atoms with E-state index in [9.17, 15) is 4.79 Å². The van der Waals surface area contributed by atoms with E-state index in [2.05, 4.69) is 6.92 Å². The van der Waals surface area contributed by atoms with E-state index in [1.165, 1.54) is 0 Å². The molecule has 0 aromatic carbocycles. The maximum Gasteiger partial charge on any atom is 0.303 e. The van der Waals surface area contributed by atoms with Crippen molar-refractivity contribution in [2.75, 3.05) is 0 Å². The molecule has 0 aliphatic heterocycles. The SMILES string of the molecule is CCCC[C@H](C)CC(=O)O. The number of carboxylic acids is 1. The van der Waals surface area contributed by atoms with Crippen molar-refractivity contribution in [1.82, 2.24) is 0 Å². The first-order valence-corrected chi connectivity index (χ1v) is 3.88. The van der Waals surface area contributed by atoms with E-state index in [4.69, 9.17) is 5.11 Å². The summed E-state index contributed by atoms with van der Waals surface area (Å²) in [5, 5.41) is 8.38. The molecular formula is C8H16O2. The Kier molecular flexibility index (Phi) is 4.99. The van der Waals surface area contributed by atoms with Crippen LogP contribution in [0, 0.1) is 5.92 Å². The quantitative estimate of drug-likeness (QED) is 0.642. The predicted molar refractivity (Wildman–Crippen MR) is 40.9 cm³/mol. The van der Waals surface area contributed by atoms with E-state index in [0.717, 1.165) is 19.3 Å². The van der Waals surface area contributed by atoms with Gasteiger partial charge in [0.05, 0.1) is 0 Å². The zero-order chi connectivity index (χ0) is 7.98. The summed E-state index contributed by atoms with van der Waals surface area (Å²) in [4.78, 5) is 10.2. The van der Waals surface area contributed by atoms with Crippen LogP contribution in [-0.2, 0) is 4.79 Å². The molecule has 0 aromatic rings. The van der Waals surface area contributed by atoms with Gasteiger partial charge in [-0.05, 0) is 5.92 Å². The Hall–Kier alpha value is -0.530. The Labute approximate surface area is 62.2 Å². The summed E-state index contributed by atoms with van der Waals surface area (Å²) in [6, 6.07) is 0. The fourth-order valence-corrected chi connectivity index (χ4v) is 0.953. The molecule has 1 N–H and O–H groups in total. The highest BCUT2D eigenvalue weighted by Gasteiger charge is 2.05. The Morgan fingerprint density at radius 2 is 2.20 bits per heavy atom. The first kappa shape index (κ1) is 9.47. The summed E-state index contributed by atoms with van der Waals surface area (Å²) in [5.74, 6) is -0.332. The van der Waals surface area contributed by atoms with Gasteiger partial charge in [0.1, 0.15) is 0 Å². The zero-order valence-corrected chi connectivity index (χ0v) is 6.76. The predicted octanol–water partition coefficient (Wildman–Crippen LogP) is 2.29. The van der Waals surface area contributed by atoms with Crippen LogP contribution in [-0.4, -0.2) is 11.1 Å². The number of unbranched alkanes of at least 4 members (excludes halogenated alkanes) is 1. The zero-order valence-electron chi connectivity index (χ0n) is 6.76. The summed E-state index contributed by atoms with van der Waals surface area (Å²) < 4.78 is 0. The fraction of sp³-hybridized carbons (Fsp3) is 0.875. The summed E-state index contributed by atoms with van der Waals surface area (Å²) >= 11 is 0. The standard InChI is InChI=1S/C8H16O2/c1-3-4-5-7(2)6-8(9)10/h7H,3-6H2,1-2H3,(H,9,10)/t7-/m0/s1. The molecule has 0 fully saturated rings. The lowest BCUT2D eigenvalue weighted by Gasteiger charge is -2.05. The van der Waals surface area contributed by atoms with Gasteiger partial charge in [-0.25, -0.2) is 0 Å². The first-order chi connectivity index (χ1) is 4.66. The Balaban J connectivity index is 3.25. The van der Waals surface area contributed by atoms with Crippen molar-refractivity contribution in [3.8, 4) is 0 Å². The van der Waals surface area contributed by atoms with Crippen LogP contribution >= 0.6 is 0 Å². The monoisotopic (exact) mass is 144 g/mol. The number of carboxylic acid groups (broad SMARTS) is 1.